The Morgan fingerprint density at radius 3 is 2.20 bits per heavy atom. The van der Waals surface area contributed by atoms with Gasteiger partial charge in [-0.2, -0.15) is 0 Å². The summed E-state index contributed by atoms with van der Waals surface area (Å²) in [7, 11) is 0. The van der Waals surface area contributed by atoms with Crippen LogP contribution in [0.1, 0.15) is 39.5 Å². The Morgan fingerprint density at radius 2 is 1.93 bits per heavy atom. The van der Waals surface area contributed by atoms with Crippen molar-refractivity contribution >= 4 is 11.9 Å². The van der Waals surface area contributed by atoms with E-state index < -0.39 is 5.97 Å². The lowest BCUT2D eigenvalue weighted by Gasteiger charge is -2.42. The summed E-state index contributed by atoms with van der Waals surface area (Å²) >= 11 is 0. The molecule has 0 aromatic carbocycles. The molecule has 1 amide bonds. The van der Waals surface area contributed by atoms with Gasteiger partial charge in [0.2, 0.25) is 5.91 Å². The molecule has 0 atom stereocenters. The summed E-state index contributed by atoms with van der Waals surface area (Å²) in [5.41, 5.74) is -0.245. The number of likely N-dealkylation sites (N-methyl/N-ethyl adjacent to an activating group) is 1. The number of carboxylic acids is 1. The molecule has 1 fully saturated rings. The Labute approximate surface area is 90.3 Å². The normalized spacial score (nSPS) is 18.0. The predicted octanol–water partition coefficient (Wildman–Crippen LogP) is 1.50. The van der Waals surface area contributed by atoms with Crippen molar-refractivity contribution in [1.82, 2.24) is 4.90 Å². The van der Waals surface area contributed by atoms with Crippen molar-refractivity contribution in [2.75, 3.05) is 13.1 Å². The number of carbonyl (C=O) groups excluding carboxylic acids is 1. The highest BCUT2D eigenvalue weighted by Gasteiger charge is 2.44. The average molecular weight is 213 g/mol. The Kier molecular flexibility index (Phi) is 3.72. The first kappa shape index (κ1) is 12.0. The molecule has 0 aromatic rings. The number of carbonyl (C=O) groups is 2. The molecule has 0 radical (unpaired) electrons. The van der Waals surface area contributed by atoms with E-state index in [0.717, 1.165) is 25.7 Å². The SMILES string of the molecule is CCN(CC(=O)O)C(=O)C1(CC)CCC1. The molecule has 0 spiro atoms. The van der Waals surface area contributed by atoms with E-state index in [9.17, 15) is 9.59 Å². The quantitative estimate of drug-likeness (QED) is 0.753. The molecule has 0 saturated heterocycles. The van der Waals surface area contributed by atoms with Gasteiger partial charge in [-0.05, 0) is 26.2 Å². The Bertz CT molecular complexity index is 253. The molecular weight excluding hydrogens is 194 g/mol. The van der Waals surface area contributed by atoms with Gasteiger partial charge in [0.05, 0.1) is 0 Å². The Hall–Kier alpha value is -1.06. The summed E-state index contributed by atoms with van der Waals surface area (Å²) in [6.07, 6.45) is 3.74. The van der Waals surface area contributed by atoms with E-state index in [2.05, 4.69) is 0 Å². The molecule has 0 bridgehead atoms. The highest BCUT2D eigenvalue weighted by molar-refractivity contribution is 5.86. The minimum atomic E-state index is -0.934. The van der Waals surface area contributed by atoms with Crippen molar-refractivity contribution in [3.8, 4) is 0 Å². The maximum absolute atomic E-state index is 12.1. The number of carboxylic acid groups (broad SMARTS) is 1. The molecule has 0 aliphatic heterocycles. The highest BCUT2D eigenvalue weighted by Crippen LogP contribution is 2.45. The van der Waals surface area contributed by atoms with Gasteiger partial charge in [-0.3, -0.25) is 9.59 Å². The fraction of sp³-hybridized carbons (Fsp3) is 0.818. The van der Waals surface area contributed by atoms with Crippen LogP contribution in [0.4, 0.5) is 0 Å². The molecular formula is C11H19NO3. The van der Waals surface area contributed by atoms with Crippen LogP contribution < -0.4 is 0 Å². The van der Waals surface area contributed by atoms with Crippen LogP contribution >= 0.6 is 0 Å². The molecule has 4 heteroatoms. The summed E-state index contributed by atoms with van der Waals surface area (Å²) in [5, 5.41) is 8.70. The number of hydrogen-bond donors (Lipinski definition) is 1. The van der Waals surface area contributed by atoms with Crippen LogP contribution in [-0.2, 0) is 9.59 Å². The first-order valence-corrected chi connectivity index (χ1v) is 5.57. The van der Waals surface area contributed by atoms with Crippen molar-refractivity contribution < 1.29 is 14.7 Å². The molecule has 0 aromatic heterocycles. The number of aliphatic carboxylic acids is 1. The molecule has 1 saturated carbocycles. The lowest BCUT2D eigenvalue weighted by molar-refractivity contribution is -0.153. The van der Waals surface area contributed by atoms with Gasteiger partial charge in [-0.1, -0.05) is 13.3 Å². The number of nitrogens with zero attached hydrogens (tertiary/aromatic N) is 1. The van der Waals surface area contributed by atoms with E-state index >= 15 is 0 Å². The molecule has 0 heterocycles. The average Bonchev–Trinajstić information content (AvgIpc) is 2.12. The van der Waals surface area contributed by atoms with E-state index in [1.807, 2.05) is 13.8 Å². The minimum Gasteiger partial charge on any atom is -0.480 e. The van der Waals surface area contributed by atoms with Crippen LogP contribution in [0.2, 0.25) is 0 Å². The van der Waals surface area contributed by atoms with Gasteiger partial charge >= 0.3 is 5.97 Å². The fourth-order valence-corrected chi connectivity index (χ4v) is 2.15. The van der Waals surface area contributed by atoms with Crippen molar-refractivity contribution in [2.24, 2.45) is 5.41 Å². The smallest absolute Gasteiger partial charge is 0.323 e. The highest BCUT2D eigenvalue weighted by atomic mass is 16.4. The molecule has 15 heavy (non-hydrogen) atoms. The molecule has 1 N–H and O–H groups in total. The second-order valence-electron chi connectivity index (χ2n) is 4.20. The lowest BCUT2D eigenvalue weighted by atomic mass is 9.66. The van der Waals surface area contributed by atoms with E-state index in [4.69, 9.17) is 5.11 Å². The maximum Gasteiger partial charge on any atom is 0.323 e. The minimum absolute atomic E-state index is 0.0288. The fourth-order valence-electron chi connectivity index (χ4n) is 2.15. The second-order valence-corrected chi connectivity index (χ2v) is 4.20. The van der Waals surface area contributed by atoms with Gasteiger partial charge in [0, 0.05) is 12.0 Å². The standard InChI is InChI=1S/C11H19NO3/c1-3-11(6-5-7-11)10(15)12(4-2)8-9(13)14/h3-8H2,1-2H3,(H,13,14). The van der Waals surface area contributed by atoms with Crippen molar-refractivity contribution in [3.63, 3.8) is 0 Å². The van der Waals surface area contributed by atoms with Crippen LogP contribution in [0.25, 0.3) is 0 Å². The zero-order valence-corrected chi connectivity index (χ0v) is 9.45. The number of hydrogen-bond acceptors (Lipinski definition) is 2. The van der Waals surface area contributed by atoms with Gasteiger partial charge in [-0.25, -0.2) is 0 Å². The van der Waals surface area contributed by atoms with Gasteiger partial charge in [0.25, 0.3) is 0 Å². The summed E-state index contributed by atoms with van der Waals surface area (Å²) < 4.78 is 0. The van der Waals surface area contributed by atoms with Crippen LogP contribution in [0, 0.1) is 5.41 Å². The summed E-state index contributed by atoms with van der Waals surface area (Å²) in [6.45, 7) is 4.14. The number of amides is 1. The zero-order chi connectivity index (χ0) is 11.5. The molecule has 0 unspecified atom stereocenters. The van der Waals surface area contributed by atoms with Gasteiger partial charge < -0.3 is 10.0 Å². The van der Waals surface area contributed by atoms with E-state index in [1.165, 1.54) is 4.90 Å². The topological polar surface area (TPSA) is 57.6 Å². The first-order chi connectivity index (χ1) is 7.05. The lowest BCUT2D eigenvalue weighted by Crippen LogP contribution is -2.49. The van der Waals surface area contributed by atoms with Crippen molar-refractivity contribution in [2.45, 2.75) is 39.5 Å². The Balaban J connectivity index is 2.67. The van der Waals surface area contributed by atoms with Crippen molar-refractivity contribution in [3.05, 3.63) is 0 Å². The third-order valence-electron chi connectivity index (χ3n) is 3.44. The van der Waals surface area contributed by atoms with Gasteiger partial charge in [0.1, 0.15) is 6.54 Å². The molecule has 1 rings (SSSR count). The Morgan fingerprint density at radius 1 is 1.33 bits per heavy atom. The molecule has 86 valence electrons. The molecule has 4 nitrogen and oxygen atoms in total. The third kappa shape index (κ3) is 2.30. The molecule has 1 aliphatic rings. The monoisotopic (exact) mass is 213 g/mol. The first-order valence-electron chi connectivity index (χ1n) is 5.57. The van der Waals surface area contributed by atoms with Crippen LogP contribution in [0.5, 0.6) is 0 Å². The third-order valence-corrected chi connectivity index (χ3v) is 3.44. The van der Waals surface area contributed by atoms with Crippen LogP contribution in [0.3, 0.4) is 0 Å². The summed E-state index contributed by atoms with van der Waals surface area (Å²) in [5.74, 6) is -0.906. The predicted molar refractivity (Wildman–Crippen MR) is 56.5 cm³/mol. The van der Waals surface area contributed by atoms with Crippen molar-refractivity contribution in [1.29, 1.82) is 0 Å². The summed E-state index contributed by atoms with van der Waals surface area (Å²) in [4.78, 5) is 24.2. The van der Waals surface area contributed by atoms with Gasteiger partial charge in [-0.15, -0.1) is 0 Å². The largest absolute Gasteiger partial charge is 0.480 e. The van der Waals surface area contributed by atoms with E-state index in [-0.39, 0.29) is 17.9 Å². The molecule has 1 aliphatic carbocycles. The zero-order valence-electron chi connectivity index (χ0n) is 9.45. The maximum atomic E-state index is 12.1. The summed E-state index contributed by atoms with van der Waals surface area (Å²) in [6, 6.07) is 0. The van der Waals surface area contributed by atoms with Gasteiger partial charge in [0.15, 0.2) is 0 Å². The second kappa shape index (κ2) is 4.64. The van der Waals surface area contributed by atoms with E-state index in [1.54, 1.807) is 0 Å². The number of rotatable bonds is 5. The van der Waals surface area contributed by atoms with E-state index in [0.29, 0.717) is 6.54 Å². The van der Waals surface area contributed by atoms with Crippen LogP contribution in [0.15, 0.2) is 0 Å². The van der Waals surface area contributed by atoms with Crippen LogP contribution in [-0.4, -0.2) is 35.0 Å².